The van der Waals surface area contributed by atoms with Crippen LogP contribution in [0.5, 0.6) is 0 Å². The Kier molecular flexibility index (Phi) is 10.0. The molecule has 0 aromatic rings. The molecule has 0 saturated carbocycles. The Labute approximate surface area is 210 Å². The van der Waals surface area contributed by atoms with Crippen molar-refractivity contribution in [3.63, 3.8) is 0 Å². The maximum absolute atomic E-state index is 14.0. The number of ether oxygens (including phenoxy) is 1. The molecule has 1 unspecified atom stereocenters. The minimum Gasteiger partial charge on any atom is -0.458 e. The van der Waals surface area contributed by atoms with Crippen LogP contribution in [-0.2, 0) is 19.6 Å². The van der Waals surface area contributed by atoms with E-state index in [4.69, 9.17) is 0 Å². The Balaban J connectivity index is 6.81. The Bertz CT molecular complexity index is 1070. The highest BCUT2D eigenvalue weighted by atomic mass is 32.2. The molecule has 0 aromatic heterocycles. The van der Waals surface area contributed by atoms with Gasteiger partial charge >= 0.3 is 63.0 Å². The number of esters is 1. The summed E-state index contributed by atoms with van der Waals surface area (Å²) in [6, 6.07) is 0. The van der Waals surface area contributed by atoms with E-state index >= 15 is 0 Å². The van der Waals surface area contributed by atoms with Crippen LogP contribution in [0.2, 0.25) is 0 Å². The molecule has 0 radical (unpaired) electrons. The van der Waals surface area contributed by atoms with Gasteiger partial charge in [-0.05, 0) is 17.9 Å². The number of sulfonamides is 1. The summed E-state index contributed by atoms with van der Waals surface area (Å²) in [6.45, 7) is 2.43. The highest BCUT2D eigenvalue weighted by Gasteiger charge is 2.96. The molecule has 0 aromatic carbocycles. The first kappa shape index (κ1) is 37.9. The van der Waals surface area contributed by atoms with E-state index in [1.54, 1.807) is 0 Å². The van der Waals surface area contributed by atoms with Crippen LogP contribution in [0.3, 0.4) is 0 Å². The fourth-order valence-electron chi connectivity index (χ4n) is 2.20. The number of halogens is 18. The summed E-state index contributed by atoms with van der Waals surface area (Å²) in [7, 11) is -8.14. The van der Waals surface area contributed by atoms with Crippen molar-refractivity contribution in [3.05, 3.63) is 12.2 Å². The number of carbonyl (C=O) groups excluding carboxylic acids is 1. The second-order valence-corrected chi connectivity index (χ2v) is 9.51. The number of alkyl halides is 17. The van der Waals surface area contributed by atoms with Gasteiger partial charge < -0.3 is 4.74 Å². The molecule has 0 heterocycles. The third-order valence-corrected chi connectivity index (χ3v) is 6.28. The van der Waals surface area contributed by atoms with Gasteiger partial charge in [-0.15, -0.1) is 4.48 Å². The van der Waals surface area contributed by atoms with Crippen LogP contribution in [0.15, 0.2) is 12.2 Å². The number of hydrogen-bond acceptors (Lipinski definition) is 4. The summed E-state index contributed by atoms with van der Waals surface area (Å²) in [5, 5.41) is -8.06. The molecule has 1 atom stereocenters. The molecule has 0 fully saturated rings. The molecule has 5 nitrogen and oxygen atoms in total. The van der Waals surface area contributed by atoms with Gasteiger partial charge in [-0.25, -0.2) is 13.2 Å². The van der Waals surface area contributed by atoms with Crippen LogP contribution in [0, 0.1) is 0 Å². The van der Waals surface area contributed by atoms with Crippen LogP contribution >= 0.6 is 0 Å². The van der Waals surface area contributed by atoms with Gasteiger partial charge in [0.15, 0.2) is 0 Å². The molecule has 0 rings (SSSR count). The van der Waals surface area contributed by atoms with E-state index in [1.165, 1.54) is 0 Å². The molecule has 0 saturated heterocycles. The van der Waals surface area contributed by atoms with Crippen molar-refractivity contribution >= 4 is 16.0 Å². The maximum Gasteiger partial charge on any atom is 0.460 e. The topological polar surface area (TPSA) is 63.7 Å². The lowest BCUT2D eigenvalue weighted by Gasteiger charge is -2.42. The number of hydrogen-bond donors (Lipinski definition) is 0. The zero-order valence-corrected chi connectivity index (χ0v) is 19.8. The Hall–Kier alpha value is -2.14. The first-order valence-electron chi connectivity index (χ1n) is 9.44. The van der Waals surface area contributed by atoms with Gasteiger partial charge in [0.2, 0.25) is 0 Å². The van der Waals surface area contributed by atoms with Crippen molar-refractivity contribution < 1.29 is 97.1 Å². The lowest BCUT2D eigenvalue weighted by atomic mass is 9.91. The van der Waals surface area contributed by atoms with E-state index in [1.807, 2.05) is 0 Å². The molecule has 40 heavy (non-hydrogen) atoms. The van der Waals surface area contributed by atoms with E-state index in [0.29, 0.717) is 0 Å². The Morgan fingerprint density at radius 3 is 1.35 bits per heavy atom. The molecule has 0 aliphatic carbocycles. The van der Waals surface area contributed by atoms with Crippen molar-refractivity contribution in [2.75, 3.05) is 6.54 Å². The van der Waals surface area contributed by atoms with E-state index in [0.717, 1.165) is 13.8 Å². The second-order valence-electron chi connectivity index (χ2n) is 7.65. The van der Waals surface area contributed by atoms with Gasteiger partial charge in [-0.1, -0.05) is 13.5 Å². The highest BCUT2D eigenvalue weighted by Crippen LogP contribution is 2.64. The van der Waals surface area contributed by atoms with Crippen LogP contribution in [0.4, 0.5) is 79.1 Å². The van der Waals surface area contributed by atoms with Gasteiger partial charge in [-0.3, -0.25) is 0 Å². The van der Waals surface area contributed by atoms with E-state index in [2.05, 4.69) is 11.3 Å². The molecule has 0 N–H and O–H groups in total. The molecule has 0 bridgehead atoms. The monoisotopic (exact) mass is 657 g/mol. The molecular weight excluding hydrogens is 644 g/mol. The van der Waals surface area contributed by atoms with Gasteiger partial charge in [0.05, 0.1) is 6.54 Å². The zero-order chi connectivity index (χ0) is 32.9. The molecular formula is C16H13F18NO4S. The van der Waals surface area contributed by atoms with Gasteiger partial charge in [-0.2, -0.15) is 74.6 Å². The lowest BCUT2D eigenvalue weighted by molar-refractivity contribution is -0.458. The molecule has 0 aliphatic rings. The highest BCUT2D eigenvalue weighted by molar-refractivity contribution is 7.90. The summed E-state index contributed by atoms with van der Waals surface area (Å²) in [5.41, 5.74) is -0.528. The van der Waals surface area contributed by atoms with Gasteiger partial charge in [0.25, 0.3) is 0 Å². The number of rotatable bonds is 13. The van der Waals surface area contributed by atoms with Crippen LogP contribution in [-0.4, -0.2) is 78.5 Å². The second kappa shape index (κ2) is 10.6. The summed E-state index contributed by atoms with van der Waals surface area (Å²) in [5.74, 6) is -54.3. The van der Waals surface area contributed by atoms with E-state index < -0.39 is 92.1 Å². The van der Waals surface area contributed by atoms with Crippen molar-refractivity contribution in [2.24, 2.45) is 0 Å². The Morgan fingerprint density at radius 2 is 1.05 bits per heavy atom. The molecule has 238 valence electrons. The maximum atomic E-state index is 14.0. The van der Waals surface area contributed by atoms with Gasteiger partial charge in [0, 0.05) is 5.57 Å². The first-order chi connectivity index (χ1) is 17.2. The van der Waals surface area contributed by atoms with Crippen LogP contribution < -0.4 is 0 Å². The van der Waals surface area contributed by atoms with Crippen molar-refractivity contribution in [3.8, 4) is 0 Å². The SMILES string of the molecule is C=C(C)C(=O)OC(CC)CN(F)S(=O)(=O)C(F)(F)C(F)(F)C(F)(F)C(F)(F)C(F)(F)C(F)(F)C(F)(F)C(F)(F)F. The van der Waals surface area contributed by atoms with Crippen molar-refractivity contribution in [1.82, 2.24) is 4.53 Å². The van der Waals surface area contributed by atoms with Crippen LogP contribution in [0.1, 0.15) is 20.3 Å². The zero-order valence-electron chi connectivity index (χ0n) is 19.0. The minimum atomic E-state index is -9.04. The summed E-state index contributed by atoms with van der Waals surface area (Å²) < 4.78 is 264. The molecule has 0 amide bonds. The predicted molar refractivity (Wildman–Crippen MR) is 92.4 cm³/mol. The number of nitrogens with zero attached hydrogens (tertiary/aromatic N) is 1. The summed E-state index contributed by atoms with van der Waals surface area (Å²) in [6.07, 6.45) is -11.0. The lowest BCUT2D eigenvalue weighted by Crippen LogP contribution is -2.75. The fraction of sp³-hybridized carbons (Fsp3) is 0.812. The summed E-state index contributed by atoms with van der Waals surface area (Å²) >= 11 is 0. The third-order valence-electron chi connectivity index (χ3n) is 4.70. The fourth-order valence-corrected chi connectivity index (χ4v) is 3.26. The molecule has 0 aliphatic heterocycles. The largest absolute Gasteiger partial charge is 0.460 e. The van der Waals surface area contributed by atoms with Crippen molar-refractivity contribution in [2.45, 2.75) is 73.3 Å². The van der Waals surface area contributed by atoms with E-state index in [9.17, 15) is 92.3 Å². The first-order valence-corrected chi connectivity index (χ1v) is 10.9. The average Bonchev–Trinajstić information content (AvgIpc) is 2.76. The summed E-state index contributed by atoms with van der Waals surface area (Å²) in [4.78, 5) is 11.3. The van der Waals surface area contributed by atoms with E-state index in [-0.39, 0.29) is 0 Å². The average molecular weight is 657 g/mol. The van der Waals surface area contributed by atoms with Crippen molar-refractivity contribution in [1.29, 1.82) is 0 Å². The predicted octanol–water partition coefficient (Wildman–Crippen LogP) is 6.37. The smallest absolute Gasteiger partial charge is 0.458 e. The third kappa shape index (κ3) is 5.40. The molecule has 24 heteroatoms. The standard InChI is InChI=1S/C16H13F18NO4S/c1-4-7(39-8(36)6(2)3)5-35(34)40(37,38)16(32,33)14(27,28)12(23,24)10(19,20)9(17,18)11(21,22)13(25,26)15(29,30)31/h7H,2,4-5H2,1,3H3. The number of carbonyl (C=O) groups is 1. The Morgan fingerprint density at radius 1 is 0.725 bits per heavy atom. The van der Waals surface area contributed by atoms with Crippen LogP contribution in [0.25, 0.3) is 0 Å². The normalized spacial score (nSPS) is 16.2. The molecule has 0 spiro atoms. The van der Waals surface area contributed by atoms with Gasteiger partial charge in [0.1, 0.15) is 6.10 Å². The quantitative estimate of drug-likeness (QED) is 0.100. The minimum absolute atomic E-state index is 0.528.